The Morgan fingerprint density at radius 1 is 0.800 bits per heavy atom. The minimum Gasteiger partial charge on any atom is -0.493 e. The van der Waals surface area contributed by atoms with Gasteiger partial charge in [-0.2, -0.15) is 0 Å². The number of para-hydroxylation sites is 1. The quantitative estimate of drug-likeness (QED) is 0.209. The lowest BCUT2D eigenvalue weighted by Crippen LogP contribution is -2.30. The molecule has 40 heavy (non-hydrogen) atoms. The second-order valence-corrected chi connectivity index (χ2v) is 8.48. The summed E-state index contributed by atoms with van der Waals surface area (Å²) >= 11 is 0. The molecule has 0 atom stereocenters. The summed E-state index contributed by atoms with van der Waals surface area (Å²) in [5.74, 6) is -0.0886. The van der Waals surface area contributed by atoms with E-state index in [9.17, 15) is 14.4 Å². The van der Waals surface area contributed by atoms with Crippen LogP contribution in [-0.4, -0.2) is 36.8 Å². The van der Waals surface area contributed by atoms with Crippen LogP contribution in [0.3, 0.4) is 0 Å². The van der Waals surface area contributed by atoms with Crippen molar-refractivity contribution >= 4 is 35.4 Å². The largest absolute Gasteiger partial charge is 0.493 e. The molecule has 0 unspecified atom stereocenters. The van der Waals surface area contributed by atoms with Crippen LogP contribution >= 0.6 is 0 Å². The number of hydrogen-bond acceptors (Lipinski definition) is 6. The zero-order chi connectivity index (χ0) is 28.3. The maximum atomic E-state index is 13.2. The lowest BCUT2D eigenvalue weighted by Gasteiger charge is -2.12. The highest BCUT2D eigenvalue weighted by molar-refractivity contribution is 6.11. The number of ketones is 1. The molecule has 8 heteroatoms. The van der Waals surface area contributed by atoms with Crippen LogP contribution in [-0.2, 0) is 4.79 Å². The number of ether oxygens (including phenoxy) is 2. The highest BCUT2D eigenvalue weighted by atomic mass is 16.5. The Bertz CT molecular complexity index is 1550. The number of aromatic nitrogens is 1. The van der Waals surface area contributed by atoms with Gasteiger partial charge in [0, 0.05) is 34.8 Å². The normalized spacial score (nSPS) is 11.1. The van der Waals surface area contributed by atoms with Crippen molar-refractivity contribution in [2.45, 2.75) is 0 Å². The molecule has 3 aromatic carbocycles. The fraction of sp³-hybridized carbons (Fsp3) is 0.0625. The first-order chi connectivity index (χ1) is 19.5. The van der Waals surface area contributed by atoms with Crippen LogP contribution in [0.1, 0.15) is 31.8 Å². The molecule has 0 spiro atoms. The van der Waals surface area contributed by atoms with Crippen molar-refractivity contribution in [2.75, 3.05) is 19.5 Å². The third-order valence-corrected chi connectivity index (χ3v) is 5.80. The van der Waals surface area contributed by atoms with E-state index >= 15 is 0 Å². The molecule has 1 heterocycles. The van der Waals surface area contributed by atoms with E-state index in [-0.39, 0.29) is 11.5 Å². The zero-order valence-electron chi connectivity index (χ0n) is 22.0. The predicted molar refractivity (Wildman–Crippen MR) is 154 cm³/mol. The standard InChI is InChI=1S/C32H27N3O5/c1-39-29-12-6-11-24(30(29)40-2)15-18-28(36)23-13-16-26(17-14-23)34-32(38)27(20-22-8-7-19-33-21-22)35-31(37)25-9-4-3-5-10-25/h3-21H,1-2H3,(H,34,38)(H,35,37)/b18-15+,27-20-. The number of carbonyl (C=O) groups is 3. The lowest BCUT2D eigenvalue weighted by molar-refractivity contribution is -0.113. The molecule has 8 nitrogen and oxygen atoms in total. The van der Waals surface area contributed by atoms with Gasteiger partial charge in [-0.15, -0.1) is 0 Å². The number of benzene rings is 3. The Labute approximate surface area is 232 Å². The first-order valence-corrected chi connectivity index (χ1v) is 12.3. The molecule has 0 radical (unpaired) electrons. The van der Waals surface area contributed by atoms with Gasteiger partial charge in [-0.3, -0.25) is 19.4 Å². The Hall–Kier alpha value is -5.50. The first-order valence-electron chi connectivity index (χ1n) is 12.3. The van der Waals surface area contributed by atoms with Crippen molar-refractivity contribution in [1.82, 2.24) is 10.3 Å². The first kappa shape index (κ1) is 27.5. The summed E-state index contributed by atoms with van der Waals surface area (Å²) in [5, 5.41) is 5.45. The number of nitrogens with one attached hydrogen (secondary N) is 2. The maximum absolute atomic E-state index is 13.2. The van der Waals surface area contributed by atoms with Crippen molar-refractivity contribution in [1.29, 1.82) is 0 Å². The molecular weight excluding hydrogens is 506 g/mol. The SMILES string of the molecule is COc1cccc(/C=C/C(=O)c2ccc(NC(=O)/C(=C/c3cccnc3)NC(=O)c3ccccc3)cc2)c1OC. The summed E-state index contributed by atoms with van der Waals surface area (Å²) in [6, 6.07) is 23.9. The van der Waals surface area contributed by atoms with Crippen LogP contribution in [0.4, 0.5) is 5.69 Å². The van der Waals surface area contributed by atoms with Gasteiger partial charge in [0.1, 0.15) is 5.70 Å². The topological polar surface area (TPSA) is 107 Å². The van der Waals surface area contributed by atoms with Crippen molar-refractivity contribution in [2.24, 2.45) is 0 Å². The molecule has 2 amide bonds. The van der Waals surface area contributed by atoms with E-state index in [4.69, 9.17) is 9.47 Å². The highest BCUT2D eigenvalue weighted by Crippen LogP contribution is 2.31. The third kappa shape index (κ3) is 7.08. The molecule has 0 saturated carbocycles. The fourth-order valence-electron chi connectivity index (χ4n) is 3.79. The van der Waals surface area contributed by atoms with Crippen LogP contribution in [0.25, 0.3) is 12.2 Å². The summed E-state index contributed by atoms with van der Waals surface area (Å²) in [6.45, 7) is 0. The molecule has 0 aliphatic carbocycles. The monoisotopic (exact) mass is 533 g/mol. The minimum atomic E-state index is -0.530. The van der Waals surface area contributed by atoms with E-state index in [2.05, 4.69) is 15.6 Å². The number of pyridine rings is 1. The Morgan fingerprint density at radius 3 is 2.25 bits per heavy atom. The van der Waals surface area contributed by atoms with Gasteiger partial charge in [-0.1, -0.05) is 36.4 Å². The number of carbonyl (C=O) groups excluding carboxylic acids is 3. The number of allylic oxidation sites excluding steroid dienone is 1. The number of anilines is 1. The van der Waals surface area contributed by atoms with Gasteiger partial charge in [-0.25, -0.2) is 0 Å². The van der Waals surface area contributed by atoms with Crippen LogP contribution < -0.4 is 20.1 Å². The molecule has 0 fully saturated rings. The molecule has 4 rings (SSSR count). The van der Waals surface area contributed by atoms with Crippen molar-refractivity contribution in [3.05, 3.63) is 131 Å². The average molecular weight is 534 g/mol. The van der Waals surface area contributed by atoms with E-state index < -0.39 is 11.8 Å². The molecule has 0 aliphatic heterocycles. The molecule has 2 N–H and O–H groups in total. The van der Waals surface area contributed by atoms with Crippen LogP contribution in [0.15, 0.2) is 109 Å². The highest BCUT2D eigenvalue weighted by Gasteiger charge is 2.15. The van der Waals surface area contributed by atoms with Crippen LogP contribution in [0.5, 0.6) is 11.5 Å². The van der Waals surface area contributed by atoms with E-state index in [1.807, 2.05) is 12.1 Å². The minimum absolute atomic E-state index is 0.0391. The van der Waals surface area contributed by atoms with Gasteiger partial charge in [0.05, 0.1) is 14.2 Å². The summed E-state index contributed by atoms with van der Waals surface area (Å²) < 4.78 is 10.7. The van der Waals surface area contributed by atoms with Crippen molar-refractivity contribution in [3.8, 4) is 11.5 Å². The number of hydrogen-bond donors (Lipinski definition) is 2. The van der Waals surface area contributed by atoms with Gasteiger partial charge in [-0.05, 0) is 72.3 Å². The van der Waals surface area contributed by atoms with E-state index in [1.165, 1.54) is 13.2 Å². The Kier molecular flexibility index (Phi) is 9.18. The van der Waals surface area contributed by atoms with Crippen LogP contribution in [0, 0.1) is 0 Å². The molecule has 1 aromatic heterocycles. The number of amides is 2. The number of nitrogens with zero attached hydrogens (tertiary/aromatic N) is 1. The van der Waals surface area contributed by atoms with Gasteiger partial charge in [0.25, 0.3) is 11.8 Å². The predicted octanol–water partition coefficient (Wildman–Crippen LogP) is 5.40. The average Bonchev–Trinajstić information content (AvgIpc) is 3.00. The van der Waals surface area contributed by atoms with Crippen molar-refractivity contribution in [3.63, 3.8) is 0 Å². The molecule has 0 bridgehead atoms. The van der Waals surface area contributed by atoms with Gasteiger partial charge >= 0.3 is 0 Å². The Morgan fingerprint density at radius 2 is 1.57 bits per heavy atom. The molecule has 0 saturated heterocycles. The second-order valence-electron chi connectivity index (χ2n) is 8.48. The third-order valence-electron chi connectivity index (χ3n) is 5.80. The zero-order valence-corrected chi connectivity index (χ0v) is 22.0. The summed E-state index contributed by atoms with van der Waals surface area (Å²) in [7, 11) is 3.08. The maximum Gasteiger partial charge on any atom is 0.272 e. The van der Waals surface area contributed by atoms with Gasteiger partial charge < -0.3 is 20.1 Å². The summed E-state index contributed by atoms with van der Waals surface area (Å²) in [5.41, 5.74) is 2.67. The molecule has 4 aromatic rings. The Balaban J connectivity index is 1.48. The van der Waals surface area contributed by atoms with Crippen molar-refractivity contribution < 1.29 is 23.9 Å². The van der Waals surface area contributed by atoms with Crippen LogP contribution in [0.2, 0.25) is 0 Å². The molecular formula is C32H27N3O5. The summed E-state index contributed by atoms with van der Waals surface area (Å²) in [4.78, 5) is 42.7. The smallest absolute Gasteiger partial charge is 0.272 e. The van der Waals surface area contributed by atoms with E-state index in [0.717, 1.165) is 0 Å². The van der Waals surface area contributed by atoms with Gasteiger partial charge in [0.15, 0.2) is 17.3 Å². The number of methoxy groups -OCH3 is 2. The lowest BCUT2D eigenvalue weighted by atomic mass is 10.1. The number of rotatable bonds is 10. The molecule has 0 aliphatic rings. The fourth-order valence-corrected chi connectivity index (χ4v) is 3.79. The van der Waals surface area contributed by atoms with E-state index in [1.54, 1.807) is 104 Å². The molecule has 200 valence electrons. The van der Waals surface area contributed by atoms with Gasteiger partial charge in [0.2, 0.25) is 0 Å². The van der Waals surface area contributed by atoms with E-state index in [0.29, 0.717) is 39.4 Å². The summed E-state index contributed by atoms with van der Waals surface area (Å²) in [6.07, 6.45) is 7.84. The second kappa shape index (κ2) is 13.3.